The minimum absolute atomic E-state index is 0.0869. The van der Waals surface area contributed by atoms with Gasteiger partial charge in [-0.2, -0.15) is 13.2 Å². The second-order valence-corrected chi connectivity index (χ2v) is 10.4. The third-order valence-electron chi connectivity index (χ3n) is 6.31. The summed E-state index contributed by atoms with van der Waals surface area (Å²) >= 11 is 0. The Kier molecular flexibility index (Phi) is 7.68. The molecule has 0 bridgehead atoms. The average molecular weight is 529 g/mol. The van der Waals surface area contributed by atoms with E-state index in [4.69, 9.17) is 4.74 Å². The lowest BCUT2D eigenvalue weighted by atomic mass is 9.88. The Balaban J connectivity index is 1.48. The summed E-state index contributed by atoms with van der Waals surface area (Å²) in [4.78, 5) is 30.3. The molecule has 1 aliphatic heterocycles. The molecule has 2 N–H and O–H groups in total. The zero-order chi connectivity index (χ0) is 27.7. The van der Waals surface area contributed by atoms with Crippen molar-refractivity contribution < 1.29 is 22.7 Å². The first-order valence-electron chi connectivity index (χ1n) is 12.4. The first-order valence-corrected chi connectivity index (χ1v) is 12.4. The molecular weight excluding hydrogens is 497 g/mol. The van der Waals surface area contributed by atoms with Crippen LogP contribution in [0.15, 0.2) is 48.9 Å². The van der Waals surface area contributed by atoms with E-state index in [9.17, 15) is 18.0 Å². The molecule has 0 saturated carbocycles. The number of halogens is 3. The van der Waals surface area contributed by atoms with Crippen molar-refractivity contribution in [3.8, 4) is 11.3 Å². The number of carbonyl (C=O) groups excluding carboxylic acids is 1. The molecule has 4 atom stereocenters. The summed E-state index contributed by atoms with van der Waals surface area (Å²) in [6.45, 7) is 10.2. The summed E-state index contributed by atoms with van der Waals surface area (Å²) < 4.78 is 45.3. The summed E-state index contributed by atoms with van der Waals surface area (Å²) in [5, 5.41) is 6.09. The molecule has 3 aromatic rings. The number of nitrogens with one attached hydrogen (secondary N) is 2. The Bertz CT molecular complexity index is 1280. The van der Waals surface area contributed by atoms with Crippen molar-refractivity contribution in [3.05, 3.63) is 65.9 Å². The fourth-order valence-corrected chi connectivity index (χ4v) is 4.52. The fraction of sp³-hybridized carbons (Fsp3) is 0.444. The van der Waals surface area contributed by atoms with E-state index in [1.165, 1.54) is 18.5 Å². The zero-order valence-corrected chi connectivity index (χ0v) is 21.9. The van der Waals surface area contributed by atoms with Crippen LogP contribution in [0.4, 0.5) is 19.1 Å². The van der Waals surface area contributed by atoms with E-state index >= 15 is 0 Å². The van der Waals surface area contributed by atoms with Gasteiger partial charge in [-0.3, -0.25) is 14.8 Å². The summed E-state index contributed by atoms with van der Waals surface area (Å²) in [5.74, 6) is -0.344. The molecule has 0 spiro atoms. The van der Waals surface area contributed by atoms with Crippen LogP contribution in [0, 0.1) is 5.92 Å². The number of anilines is 1. The van der Waals surface area contributed by atoms with E-state index in [1.807, 2.05) is 34.6 Å². The van der Waals surface area contributed by atoms with Crippen molar-refractivity contribution in [3.63, 3.8) is 0 Å². The Morgan fingerprint density at radius 1 is 1.08 bits per heavy atom. The molecular formula is C27H31F3N6O2. The highest BCUT2D eigenvalue weighted by molar-refractivity contribution is 5.85. The van der Waals surface area contributed by atoms with Gasteiger partial charge in [0.05, 0.1) is 58.7 Å². The Morgan fingerprint density at radius 3 is 2.50 bits per heavy atom. The van der Waals surface area contributed by atoms with Crippen molar-refractivity contribution in [1.82, 2.24) is 25.3 Å². The van der Waals surface area contributed by atoms with Crippen LogP contribution >= 0.6 is 0 Å². The van der Waals surface area contributed by atoms with Gasteiger partial charge >= 0.3 is 6.18 Å². The van der Waals surface area contributed by atoms with E-state index in [-0.39, 0.29) is 29.6 Å². The molecule has 38 heavy (non-hydrogen) atoms. The number of aromatic nitrogens is 4. The van der Waals surface area contributed by atoms with Gasteiger partial charge in [-0.05, 0) is 52.8 Å². The normalized spacial score (nSPS) is 19.6. The fourth-order valence-electron chi connectivity index (χ4n) is 4.52. The van der Waals surface area contributed by atoms with Crippen LogP contribution in [0.5, 0.6) is 0 Å². The number of carbonyl (C=O) groups is 1. The summed E-state index contributed by atoms with van der Waals surface area (Å²) in [6, 6.07) is 6.33. The van der Waals surface area contributed by atoms with Crippen LogP contribution in [0.25, 0.3) is 11.3 Å². The minimum Gasteiger partial charge on any atom is -0.373 e. The second kappa shape index (κ2) is 10.6. The summed E-state index contributed by atoms with van der Waals surface area (Å²) in [6.07, 6.45) is -0.0758. The molecule has 0 aliphatic carbocycles. The maximum absolute atomic E-state index is 13.1. The van der Waals surface area contributed by atoms with Gasteiger partial charge in [0.2, 0.25) is 11.9 Å². The molecule has 3 heterocycles. The standard InChI is InChI=1S/C27H31F3N6O2/c1-15(21-13-33-22(14-32-21)17-7-6-8-18(11-17)27(28,29)30)35-25-31-10-9-20(36-25)23-19(12-34-24(23)37)16(2)38-26(3,4)5/h6-11,13-16,19,23H,12H2,1-5H3,(H,34,37)(H,31,35,36)/t15-,16+,19?,23+/m0/s1. The monoisotopic (exact) mass is 528 g/mol. The quantitative estimate of drug-likeness (QED) is 0.437. The molecule has 1 aliphatic rings. The molecule has 2 aromatic heterocycles. The SMILES string of the molecule is C[C@H](Nc1nccc([C@@H]2C(=O)NCC2[C@@H](C)OC(C)(C)C)n1)c1cnc(-c2cccc(C(F)(F)F)c2)cn1. The number of rotatable bonds is 7. The van der Waals surface area contributed by atoms with E-state index in [1.54, 1.807) is 18.3 Å². The van der Waals surface area contributed by atoms with E-state index in [0.29, 0.717) is 35.1 Å². The topological polar surface area (TPSA) is 102 Å². The van der Waals surface area contributed by atoms with Gasteiger partial charge in [-0.15, -0.1) is 0 Å². The highest BCUT2D eigenvalue weighted by atomic mass is 19.4. The second-order valence-electron chi connectivity index (χ2n) is 10.4. The largest absolute Gasteiger partial charge is 0.416 e. The smallest absolute Gasteiger partial charge is 0.373 e. The van der Waals surface area contributed by atoms with Crippen molar-refractivity contribution in [2.24, 2.45) is 5.92 Å². The number of ether oxygens (including phenoxy) is 1. The molecule has 1 aromatic carbocycles. The maximum atomic E-state index is 13.1. The van der Waals surface area contributed by atoms with E-state index < -0.39 is 17.7 Å². The van der Waals surface area contributed by atoms with Crippen LogP contribution < -0.4 is 10.6 Å². The molecule has 1 saturated heterocycles. The molecule has 11 heteroatoms. The predicted octanol–water partition coefficient (Wildman–Crippen LogP) is 5.16. The van der Waals surface area contributed by atoms with Gasteiger partial charge in [-0.1, -0.05) is 12.1 Å². The van der Waals surface area contributed by atoms with Crippen LogP contribution in [-0.4, -0.2) is 44.1 Å². The van der Waals surface area contributed by atoms with Gasteiger partial charge in [0.25, 0.3) is 0 Å². The number of amides is 1. The van der Waals surface area contributed by atoms with Gasteiger partial charge in [-0.25, -0.2) is 9.97 Å². The Hall–Kier alpha value is -3.60. The highest BCUT2D eigenvalue weighted by Crippen LogP contribution is 2.34. The highest BCUT2D eigenvalue weighted by Gasteiger charge is 2.41. The number of nitrogens with zero attached hydrogens (tertiary/aromatic N) is 4. The lowest BCUT2D eigenvalue weighted by Crippen LogP contribution is -2.34. The molecule has 0 radical (unpaired) electrons. The van der Waals surface area contributed by atoms with Crippen LogP contribution in [-0.2, 0) is 15.7 Å². The molecule has 1 unspecified atom stereocenters. The number of hydrogen-bond donors (Lipinski definition) is 2. The number of hydrogen-bond acceptors (Lipinski definition) is 7. The van der Waals surface area contributed by atoms with Crippen molar-refractivity contribution >= 4 is 11.9 Å². The lowest BCUT2D eigenvalue weighted by molar-refractivity contribution is -0.137. The van der Waals surface area contributed by atoms with Crippen LogP contribution in [0.2, 0.25) is 0 Å². The minimum atomic E-state index is -4.44. The van der Waals surface area contributed by atoms with Gasteiger partial charge in [0, 0.05) is 24.2 Å². The summed E-state index contributed by atoms with van der Waals surface area (Å²) in [5.41, 5.74) is 0.704. The van der Waals surface area contributed by atoms with Crippen LogP contribution in [0.3, 0.4) is 0 Å². The Labute approximate surface area is 219 Å². The first-order chi connectivity index (χ1) is 17.8. The van der Waals surface area contributed by atoms with Crippen molar-refractivity contribution in [2.75, 3.05) is 11.9 Å². The average Bonchev–Trinajstić information content (AvgIpc) is 3.24. The third kappa shape index (κ3) is 6.45. The van der Waals surface area contributed by atoms with E-state index in [0.717, 1.165) is 12.1 Å². The van der Waals surface area contributed by atoms with Crippen molar-refractivity contribution in [2.45, 2.75) is 64.5 Å². The maximum Gasteiger partial charge on any atom is 0.416 e. The summed E-state index contributed by atoms with van der Waals surface area (Å²) in [7, 11) is 0. The first kappa shape index (κ1) is 27.4. The molecule has 1 fully saturated rings. The zero-order valence-electron chi connectivity index (χ0n) is 21.9. The lowest BCUT2D eigenvalue weighted by Gasteiger charge is -2.30. The van der Waals surface area contributed by atoms with Gasteiger partial charge < -0.3 is 15.4 Å². The number of benzene rings is 1. The predicted molar refractivity (Wildman–Crippen MR) is 136 cm³/mol. The third-order valence-corrected chi connectivity index (χ3v) is 6.31. The van der Waals surface area contributed by atoms with Gasteiger partial charge in [0.1, 0.15) is 0 Å². The van der Waals surface area contributed by atoms with Crippen molar-refractivity contribution in [1.29, 1.82) is 0 Å². The molecule has 8 nitrogen and oxygen atoms in total. The molecule has 202 valence electrons. The van der Waals surface area contributed by atoms with Crippen LogP contribution in [0.1, 0.15) is 63.5 Å². The van der Waals surface area contributed by atoms with Gasteiger partial charge in [0.15, 0.2) is 0 Å². The number of alkyl halides is 3. The molecule has 4 rings (SSSR count). The van der Waals surface area contributed by atoms with E-state index in [2.05, 4.69) is 30.6 Å². The Morgan fingerprint density at radius 2 is 1.84 bits per heavy atom. The molecule has 1 amide bonds.